The summed E-state index contributed by atoms with van der Waals surface area (Å²) in [4.78, 5) is 33.2. The van der Waals surface area contributed by atoms with E-state index in [1.54, 1.807) is 12.4 Å². The molecule has 2 atom stereocenters. The number of hydrogen-bond acceptors (Lipinski definition) is 5. The van der Waals surface area contributed by atoms with Gasteiger partial charge in [0.25, 0.3) is 0 Å². The van der Waals surface area contributed by atoms with Crippen molar-refractivity contribution in [2.75, 3.05) is 13.1 Å². The Hall–Kier alpha value is -3.62. The van der Waals surface area contributed by atoms with Crippen LogP contribution in [0.4, 0.5) is 4.79 Å². The number of rotatable bonds is 9. The van der Waals surface area contributed by atoms with E-state index >= 15 is 0 Å². The average molecular weight is 463 g/mol. The molecule has 0 spiro atoms. The van der Waals surface area contributed by atoms with Crippen LogP contribution in [-0.4, -0.2) is 44.2 Å². The first-order valence-electron chi connectivity index (χ1n) is 12.0. The Labute approximate surface area is 198 Å². The van der Waals surface area contributed by atoms with Crippen molar-refractivity contribution < 1.29 is 14.3 Å². The molecular formula is C25H30N6O3. The zero-order chi connectivity index (χ0) is 23.3. The van der Waals surface area contributed by atoms with Gasteiger partial charge in [-0.25, -0.2) is 14.8 Å². The Balaban J connectivity index is 1.01. The minimum atomic E-state index is -0.412. The summed E-state index contributed by atoms with van der Waals surface area (Å²) in [5.74, 6) is 2.12. The summed E-state index contributed by atoms with van der Waals surface area (Å²) >= 11 is 0. The van der Waals surface area contributed by atoms with Gasteiger partial charge in [-0.3, -0.25) is 4.79 Å². The Morgan fingerprint density at radius 3 is 2.41 bits per heavy atom. The predicted octanol–water partition coefficient (Wildman–Crippen LogP) is 2.73. The number of hydrogen-bond donors (Lipinski definition) is 2. The standard InChI is InChI=1S/C25H30N6O3/c32-22(17-20-6-12-30-14-10-27-23(20)30)26-8-4-18-2-1-3-19(16-18)5-9-29-25(33)34-21-7-13-31-15-11-28-24(21)31/h1-3,10-11,14-16,20-21H,4-9,12-13,17H2,(H,26,32)(H,29,33)/t20-,21?/m0/s1. The lowest BCUT2D eigenvalue weighted by atomic mass is 10.0. The highest BCUT2D eigenvalue weighted by molar-refractivity contribution is 5.76. The first-order valence-corrected chi connectivity index (χ1v) is 12.0. The SMILES string of the molecule is O=C(C[C@@H]1CCn2ccnc21)NCCc1cccc(CCNC(=O)OC2CCn3ccnc32)c1. The van der Waals surface area contributed by atoms with E-state index in [-0.39, 0.29) is 17.9 Å². The van der Waals surface area contributed by atoms with Gasteiger partial charge in [0.2, 0.25) is 5.91 Å². The molecule has 9 nitrogen and oxygen atoms in total. The van der Waals surface area contributed by atoms with E-state index in [1.807, 2.05) is 29.1 Å². The summed E-state index contributed by atoms with van der Waals surface area (Å²) in [6, 6.07) is 8.25. The summed E-state index contributed by atoms with van der Waals surface area (Å²) < 4.78 is 9.65. The van der Waals surface area contributed by atoms with Crippen molar-refractivity contribution in [3.63, 3.8) is 0 Å². The third kappa shape index (κ3) is 5.13. The second-order valence-corrected chi connectivity index (χ2v) is 8.93. The molecule has 2 amide bonds. The number of nitrogens with one attached hydrogen (secondary N) is 2. The molecule has 0 bridgehead atoms. The van der Waals surface area contributed by atoms with Gasteiger partial charge in [-0.2, -0.15) is 0 Å². The molecule has 2 N–H and O–H groups in total. The van der Waals surface area contributed by atoms with E-state index in [9.17, 15) is 9.59 Å². The molecular weight excluding hydrogens is 432 g/mol. The van der Waals surface area contributed by atoms with Crippen LogP contribution in [0, 0.1) is 0 Å². The second kappa shape index (κ2) is 10.1. The topological polar surface area (TPSA) is 103 Å². The van der Waals surface area contributed by atoms with Gasteiger partial charge in [0.1, 0.15) is 11.6 Å². The number of fused-ring (bicyclic) bond motifs is 2. The quantitative estimate of drug-likeness (QED) is 0.509. The van der Waals surface area contributed by atoms with Crippen LogP contribution in [-0.2, 0) is 35.5 Å². The summed E-state index contributed by atoms with van der Waals surface area (Å²) in [7, 11) is 0. The fourth-order valence-corrected chi connectivity index (χ4v) is 4.84. The molecule has 3 aromatic rings. The van der Waals surface area contributed by atoms with E-state index in [4.69, 9.17) is 4.74 Å². The van der Waals surface area contributed by atoms with Crippen LogP contribution in [0.25, 0.3) is 0 Å². The Morgan fingerprint density at radius 1 is 0.941 bits per heavy atom. The first kappa shape index (κ1) is 22.2. The van der Waals surface area contributed by atoms with Crippen LogP contribution in [0.1, 0.15) is 54.1 Å². The maximum Gasteiger partial charge on any atom is 0.407 e. The van der Waals surface area contributed by atoms with Gasteiger partial charge in [0.15, 0.2) is 6.10 Å². The maximum absolute atomic E-state index is 12.4. The largest absolute Gasteiger partial charge is 0.438 e. The molecule has 9 heteroatoms. The molecule has 178 valence electrons. The van der Waals surface area contributed by atoms with Gasteiger partial charge in [-0.15, -0.1) is 0 Å². The van der Waals surface area contributed by atoms with Crippen molar-refractivity contribution in [2.45, 2.75) is 57.2 Å². The Morgan fingerprint density at radius 2 is 1.62 bits per heavy atom. The lowest BCUT2D eigenvalue weighted by Crippen LogP contribution is -2.28. The molecule has 0 saturated carbocycles. The number of carbonyl (C=O) groups excluding carboxylic acids is 2. The van der Waals surface area contributed by atoms with Crippen molar-refractivity contribution in [1.82, 2.24) is 29.7 Å². The molecule has 2 aliphatic rings. The van der Waals surface area contributed by atoms with Crippen molar-refractivity contribution >= 4 is 12.0 Å². The number of benzene rings is 1. The van der Waals surface area contributed by atoms with Gasteiger partial charge >= 0.3 is 6.09 Å². The van der Waals surface area contributed by atoms with Crippen molar-refractivity contribution in [2.24, 2.45) is 0 Å². The number of alkyl carbamates (subject to hydrolysis) is 1. The molecule has 34 heavy (non-hydrogen) atoms. The minimum absolute atomic E-state index is 0.0741. The van der Waals surface area contributed by atoms with Gasteiger partial charge in [0, 0.05) is 69.7 Å². The Kier molecular flexibility index (Phi) is 6.60. The summed E-state index contributed by atoms with van der Waals surface area (Å²) in [5.41, 5.74) is 2.30. The fourth-order valence-electron chi connectivity index (χ4n) is 4.84. The van der Waals surface area contributed by atoms with Gasteiger partial charge in [-0.1, -0.05) is 24.3 Å². The maximum atomic E-state index is 12.4. The summed E-state index contributed by atoms with van der Waals surface area (Å²) in [6.07, 6.45) is 10.4. The first-order chi connectivity index (χ1) is 16.7. The lowest BCUT2D eigenvalue weighted by Gasteiger charge is -2.12. The van der Waals surface area contributed by atoms with Crippen LogP contribution in [0.5, 0.6) is 0 Å². The van der Waals surface area contributed by atoms with E-state index in [1.165, 1.54) is 0 Å². The molecule has 0 saturated heterocycles. The van der Waals surface area contributed by atoms with Crippen LogP contribution in [0.15, 0.2) is 49.1 Å². The average Bonchev–Trinajstić information content (AvgIpc) is 3.59. The third-order valence-electron chi connectivity index (χ3n) is 6.59. The highest BCUT2D eigenvalue weighted by atomic mass is 16.6. The predicted molar refractivity (Wildman–Crippen MR) is 125 cm³/mol. The molecule has 4 heterocycles. The highest BCUT2D eigenvalue weighted by Crippen LogP contribution is 2.29. The van der Waals surface area contributed by atoms with Gasteiger partial charge in [0.05, 0.1) is 0 Å². The number of carbonyl (C=O) groups is 2. The number of aryl methyl sites for hydroxylation is 2. The molecule has 1 aromatic carbocycles. The van der Waals surface area contributed by atoms with Crippen molar-refractivity contribution in [1.29, 1.82) is 0 Å². The van der Waals surface area contributed by atoms with Crippen LogP contribution < -0.4 is 10.6 Å². The summed E-state index contributed by atoms with van der Waals surface area (Å²) in [5, 5.41) is 5.88. The second-order valence-electron chi connectivity index (χ2n) is 8.93. The molecule has 1 unspecified atom stereocenters. The van der Waals surface area contributed by atoms with Crippen LogP contribution in [0.3, 0.4) is 0 Å². The van der Waals surface area contributed by atoms with Crippen LogP contribution >= 0.6 is 0 Å². The van der Waals surface area contributed by atoms with E-state index in [0.29, 0.717) is 25.9 Å². The zero-order valence-corrected chi connectivity index (χ0v) is 19.2. The molecule has 2 aromatic heterocycles. The number of nitrogens with zero attached hydrogens (tertiary/aromatic N) is 4. The van der Waals surface area contributed by atoms with Crippen LogP contribution in [0.2, 0.25) is 0 Å². The number of aromatic nitrogens is 4. The Bertz CT molecular complexity index is 1070. The van der Waals surface area contributed by atoms with E-state index in [2.05, 4.69) is 37.3 Å². The minimum Gasteiger partial charge on any atom is -0.438 e. The smallest absolute Gasteiger partial charge is 0.407 e. The van der Waals surface area contributed by atoms with Crippen molar-refractivity contribution in [3.05, 3.63) is 71.8 Å². The molecule has 0 fully saturated rings. The van der Waals surface area contributed by atoms with Crippen molar-refractivity contribution in [3.8, 4) is 0 Å². The van der Waals surface area contributed by atoms with E-state index in [0.717, 1.165) is 55.1 Å². The normalized spacial score (nSPS) is 18.4. The monoisotopic (exact) mass is 462 g/mol. The third-order valence-corrected chi connectivity index (χ3v) is 6.59. The molecule has 2 aliphatic heterocycles. The molecule has 0 radical (unpaired) electrons. The fraction of sp³-hybridized carbons (Fsp3) is 0.440. The molecule has 0 aliphatic carbocycles. The zero-order valence-electron chi connectivity index (χ0n) is 19.2. The lowest BCUT2D eigenvalue weighted by molar-refractivity contribution is -0.121. The number of amides is 2. The van der Waals surface area contributed by atoms with Gasteiger partial charge in [-0.05, 0) is 30.4 Å². The number of ether oxygens (including phenoxy) is 1. The molecule has 5 rings (SSSR count). The van der Waals surface area contributed by atoms with Gasteiger partial charge < -0.3 is 24.5 Å². The number of imidazole rings is 2. The van der Waals surface area contributed by atoms with E-state index < -0.39 is 6.09 Å². The summed E-state index contributed by atoms with van der Waals surface area (Å²) in [6.45, 7) is 2.87. The highest BCUT2D eigenvalue weighted by Gasteiger charge is 2.27.